The molecule has 1 fully saturated rings. The van der Waals surface area contributed by atoms with Gasteiger partial charge in [0.05, 0.1) is 29.1 Å². The number of piperidine rings is 1. The van der Waals surface area contributed by atoms with Crippen molar-refractivity contribution in [1.82, 2.24) is 13.9 Å². The molecule has 5 rings (SSSR count). The standard InChI is InChI=1S/C32H36N4O4S2/c1-4-40-30(37)18-22(2)31-27-19-29(24-12-10-23(11-13-24)21-35-16-14-25(41-3)15-17-35)36(32(27)34-20-28(31)33)42(38,39)26-8-6-5-7-9-26/h5-13,18-20,25H,4,14-17,21,33H2,1-3H3/b22-18+. The molecule has 0 atom stereocenters. The summed E-state index contributed by atoms with van der Waals surface area (Å²) in [6.45, 7) is 6.73. The largest absolute Gasteiger partial charge is 0.463 e. The van der Waals surface area contributed by atoms with Gasteiger partial charge in [0, 0.05) is 28.8 Å². The highest BCUT2D eigenvalue weighted by atomic mass is 32.2. The Morgan fingerprint density at radius 2 is 1.81 bits per heavy atom. The van der Waals surface area contributed by atoms with Gasteiger partial charge < -0.3 is 10.5 Å². The Kier molecular flexibility index (Phi) is 9.05. The molecule has 1 aliphatic heterocycles. The maximum atomic E-state index is 14.1. The molecule has 0 saturated carbocycles. The number of pyridine rings is 1. The molecule has 0 bridgehead atoms. The molecule has 42 heavy (non-hydrogen) atoms. The van der Waals surface area contributed by atoms with E-state index in [9.17, 15) is 13.2 Å². The number of anilines is 1. The summed E-state index contributed by atoms with van der Waals surface area (Å²) in [6, 6.07) is 18.1. The lowest BCUT2D eigenvalue weighted by Gasteiger charge is -2.31. The summed E-state index contributed by atoms with van der Waals surface area (Å²) >= 11 is 1.95. The van der Waals surface area contributed by atoms with E-state index in [4.69, 9.17) is 10.5 Å². The fraction of sp³-hybridized carbons (Fsp3) is 0.312. The summed E-state index contributed by atoms with van der Waals surface area (Å²) in [5.74, 6) is -0.496. The van der Waals surface area contributed by atoms with Crippen LogP contribution >= 0.6 is 11.8 Å². The van der Waals surface area contributed by atoms with Crippen LogP contribution in [0.15, 0.2) is 77.8 Å². The molecular weight excluding hydrogens is 569 g/mol. The van der Waals surface area contributed by atoms with Crippen molar-refractivity contribution in [3.05, 3.63) is 84.1 Å². The molecule has 2 aromatic heterocycles. The number of carbonyl (C=O) groups is 1. The number of ether oxygens (including phenoxy) is 1. The minimum absolute atomic E-state index is 0.146. The van der Waals surface area contributed by atoms with E-state index in [2.05, 4.69) is 28.3 Å². The van der Waals surface area contributed by atoms with Gasteiger partial charge in [-0.3, -0.25) is 4.90 Å². The average molecular weight is 605 g/mol. The molecule has 2 aromatic carbocycles. The highest BCUT2D eigenvalue weighted by Crippen LogP contribution is 2.37. The average Bonchev–Trinajstić information content (AvgIpc) is 3.38. The van der Waals surface area contributed by atoms with Crippen molar-refractivity contribution in [2.75, 3.05) is 31.7 Å². The SMILES string of the molecule is CCOC(=O)/C=C(\C)c1c(N)cnc2c1cc(-c1ccc(CN3CCC(SC)CC3)cc1)n2S(=O)(=O)c1ccccc1. The van der Waals surface area contributed by atoms with Crippen LogP contribution < -0.4 is 5.73 Å². The molecule has 2 N–H and O–H groups in total. The van der Waals surface area contributed by atoms with Crippen molar-refractivity contribution in [2.24, 2.45) is 0 Å². The summed E-state index contributed by atoms with van der Waals surface area (Å²) in [5.41, 5.74) is 10.4. The minimum Gasteiger partial charge on any atom is -0.463 e. The number of hydrogen-bond acceptors (Lipinski definition) is 8. The number of fused-ring (bicyclic) bond motifs is 1. The third-order valence-corrected chi connectivity index (χ3v) is 10.5. The van der Waals surface area contributed by atoms with Crippen molar-refractivity contribution >= 4 is 50.0 Å². The van der Waals surface area contributed by atoms with Crippen LogP contribution in [0.5, 0.6) is 0 Å². The first-order valence-corrected chi connectivity index (χ1v) is 16.8. The first-order chi connectivity index (χ1) is 20.2. The van der Waals surface area contributed by atoms with Gasteiger partial charge in [-0.25, -0.2) is 22.2 Å². The smallest absolute Gasteiger partial charge is 0.331 e. The van der Waals surface area contributed by atoms with Gasteiger partial charge in [0.1, 0.15) is 0 Å². The van der Waals surface area contributed by atoms with Crippen molar-refractivity contribution in [2.45, 2.75) is 43.4 Å². The van der Waals surface area contributed by atoms with Gasteiger partial charge >= 0.3 is 5.97 Å². The molecule has 0 spiro atoms. The van der Waals surface area contributed by atoms with E-state index in [1.54, 1.807) is 50.2 Å². The molecule has 8 nitrogen and oxygen atoms in total. The Labute approximate surface area is 251 Å². The number of benzene rings is 2. The summed E-state index contributed by atoms with van der Waals surface area (Å²) in [6.07, 6.45) is 7.37. The number of likely N-dealkylation sites (tertiary alicyclic amines) is 1. The van der Waals surface area contributed by atoms with Gasteiger partial charge in [-0.15, -0.1) is 0 Å². The van der Waals surface area contributed by atoms with E-state index in [0.717, 1.165) is 30.4 Å². The molecule has 0 radical (unpaired) electrons. The Morgan fingerprint density at radius 1 is 1.12 bits per heavy atom. The van der Waals surface area contributed by atoms with Crippen LogP contribution in [0.1, 0.15) is 37.8 Å². The quantitative estimate of drug-likeness (QED) is 0.188. The number of aromatic nitrogens is 2. The second-order valence-electron chi connectivity index (χ2n) is 10.4. The number of rotatable bonds is 9. The van der Waals surface area contributed by atoms with Gasteiger partial charge in [-0.05, 0) is 80.9 Å². The molecular formula is C32H36N4O4S2. The monoisotopic (exact) mass is 604 g/mol. The van der Waals surface area contributed by atoms with Gasteiger partial charge in [-0.1, -0.05) is 42.5 Å². The van der Waals surface area contributed by atoms with Crippen LogP contribution in [0, 0.1) is 0 Å². The Bertz CT molecular complexity index is 1710. The van der Waals surface area contributed by atoms with E-state index in [1.165, 1.54) is 34.7 Å². The summed E-state index contributed by atoms with van der Waals surface area (Å²) in [7, 11) is -4.04. The number of hydrogen-bond donors (Lipinski definition) is 1. The summed E-state index contributed by atoms with van der Waals surface area (Å²) < 4.78 is 34.6. The summed E-state index contributed by atoms with van der Waals surface area (Å²) in [5, 5.41) is 1.27. The molecule has 10 heteroatoms. The third-order valence-electron chi connectivity index (χ3n) is 7.64. The van der Waals surface area contributed by atoms with Gasteiger partial charge in [0.25, 0.3) is 10.0 Å². The highest BCUT2D eigenvalue weighted by Gasteiger charge is 2.27. The van der Waals surface area contributed by atoms with Crippen LogP contribution in [0.2, 0.25) is 0 Å². The Hall–Kier alpha value is -3.60. The summed E-state index contributed by atoms with van der Waals surface area (Å²) in [4.78, 5) is 19.4. The van der Waals surface area contributed by atoms with E-state index >= 15 is 0 Å². The molecule has 3 heterocycles. The van der Waals surface area contributed by atoms with Crippen LogP contribution in [0.3, 0.4) is 0 Å². The first kappa shape index (κ1) is 29.9. The van der Waals surface area contributed by atoms with E-state index in [0.29, 0.717) is 27.9 Å². The van der Waals surface area contributed by atoms with Crippen LogP contribution in [-0.2, 0) is 26.1 Å². The van der Waals surface area contributed by atoms with E-state index < -0.39 is 16.0 Å². The normalized spacial score (nSPS) is 15.3. The van der Waals surface area contributed by atoms with Gasteiger partial charge in [0.15, 0.2) is 5.65 Å². The zero-order valence-corrected chi connectivity index (χ0v) is 25.7. The zero-order chi connectivity index (χ0) is 29.9. The molecule has 4 aromatic rings. The Morgan fingerprint density at radius 3 is 2.45 bits per heavy atom. The zero-order valence-electron chi connectivity index (χ0n) is 24.1. The highest BCUT2D eigenvalue weighted by molar-refractivity contribution is 7.99. The number of carbonyl (C=O) groups excluding carboxylic acids is 1. The number of esters is 1. The van der Waals surface area contributed by atoms with Gasteiger partial charge in [0.2, 0.25) is 0 Å². The second kappa shape index (κ2) is 12.7. The molecule has 220 valence electrons. The number of nitrogens with zero attached hydrogens (tertiary/aromatic N) is 3. The predicted molar refractivity (Wildman–Crippen MR) is 171 cm³/mol. The lowest BCUT2D eigenvalue weighted by Crippen LogP contribution is -2.34. The van der Waals surface area contributed by atoms with Crippen molar-refractivity contribution in [1.29, 1.82) is 0 Å². The van der Waals surface area contributed by atoms with E-state index in [1.807, 2.05) is 23.9 Å². The van der Waals surface area contributed by atoms with Crippen LogP contribution in [0.25, 0.3) is 27.9 Å². The number of allylic oxidation sites excluding steroid dienone is 1. The fourth-order valence-corrected chi connectivity index (χ4v) is 7.68. The minimum atomic E-state index is -4.04. The Balaban J connectivity index is 1.61. The molecule has 1 saturated heterocycles. The maximum Gasteiger partial charge on any atom is 0.331 e. The van der Waals surface area contributed by atoms with Crippen molar-refractivity contribution < 1.29 is 17.9 Å². The fourth-order valence-electron chi connectivity index (χ4n) is 5.50. The van der Waals surface area contributed by atoms with Crippen molar-refractivity contribution in [3.8, 4) is 11.3 Å². The van der Waals surface area contributed by atoms with E-state index in [-0.39, 0.29) is 17.1 Å². The first-order valence-electron chi connectivity index (χ1n) is 14.0. The molecule has 0 aliphatic carbocycles. The molecule has 0 amide bonds. The lowest BCUT2D eigenvalue weighted by atomic mass is 10.0. The lowest BCUT2D eigenvalue weighted by molar-refractivity contribution is -0.137. The predicted octanol–water partition coefficient (Wildman–Crippen LogP) is 5.82. The third kappa shape index (κ3) is 6.11. The molecule has 0 unspecified atom stereocenters. The van der Waals surface area contributed by atoms with Crippen LogP contribution in [0.4, 0.5) is 5.69 Å². The number of thioether (sulfide) groups is 1. The number of nitrogen functional groups attached to an aromatic ring is 1. The van der Waals surface area contributed by atoms with Gasteiger partial charge in [-0.2, -0.15) is 11.8 Å². The molecule has 1 aliphatic rings. The maximum absolute atomic E-state index is 14.1. The van der Waals surface area contributed by atoms with Crippen LogP contribution in [-0.4, -0.2) is 59.4 Å². The second-order valence-corrected chi connectivity index (χ2v) is 13.4. The number of nitrogens with two attached hydrogens (primary N) is 1. The topological polar surface area (TPSA) is 108 Å². The van der Waals surface area contributed by atoms with Crippen molar-refractivity contribution in [3.63, 3.8) is 0 Å².